The van der Waals surface area contributed by atoms with Crippen molar-refractivity contribution < 1.29 is 19.1 Å². The Hall–Kier alpha value is -2.24. The minimum absolute atomic E-state index is 0.0582. The van der Waals surface area contributed by atoms with Crippen LogP contribution in [0.4, 0.5) is 0 Å². The van der Waals surface area contributed by atoms with E-state index in [-0.39, 0.29) is 18.4 Å². The zero-order valence-electron chi connectivity index (χ0n) is 10.6. The van der Waals surface area contributed by atoms with Crippen LogP contribution < -0.4 is 20.3 Å². The van der Waals surface area contributed by atoms with Crippen LogP contribution >= 0.6 is 0 Å². The molecule has 0 bridgehead atoms. The summed E-state index contributed by atoms with van der Waals surface area (Å²) < 4.78 is 10.3. The number of hydrazine groups is 1. The van der Waals surface area contributed by atoms with Crippen LogP contribution in [0.15, 0.2) is 24.3 Å². The molecular formula is C13H16N2O4. The van der Waals surface area contributed by atoms with Gasteiger partial charge < -0.3 is 9.47 Å². The van der Waals surface area contributed by atoms with E-state index in [9.17, 15) is 9.59 Å². The quantitative estimate of drug-likeness (QED) is 0.765. The molecule has 2 N–H and O–H groups in total. The number of nitrogens with one attached hydrogen (secondary N) is 2. The van der Waals surface area contributed by atoms with Crippen LogP contribution in [-0.2, 0) is 9.59 Å². The Balaban J connectivity index is 1.68. The van der Waals surface area contributed by atoms with Crippen molar-refractivity contribution in [2.45, 2.75) is 12.8 Å². The molecule has 1 aliphatic carbocycles. The van der Waals surface area contributed by atoms with E-state index in [1.165, 1.54) is 0 Å². The summed E-state index contributed by atoms with van der Waals surface area (Å²) in [5, 5.41) is 0. The molecular weight excluding hydrogens is 248 g/mol. The highest BCUT2D eigenvalue weighted by atomic mass is 16.5. The van der Waals surface area contributed by atoms with E-state index >= 15 is 0 Å². The summed E-state index contributed by atoms with van der Waals surface area (Å²) in [5.74, 6) is 0.795. The van der Waals surface area contributed by atoms with E-state index in [0.717, 1.165) is 12.8 Å². The van der Waals surface area contributed by atoms with Crippen LogP contribution in [0.3, 0.4) is 0 Å². The first-order chi connectivity index (χ1) is 9.19. The van der Waals surface area contributed by atoms with E-state index < -0.39 is 5.91 Å². The van der Waals surface area contributed by atoms with Gasteiger partial charge in [-0.25, -0.2) is 0 Å². The highest BCUT2D eigenvalue weighted by Crippen LogP contribution is 2.28. The maximum absolute atomic E-state index is 11.4. The molecule has 0 atom stereocenters. The molecule has 1 aromatic rings. The number of carbonyl (C=O) groups is 2. The summed E-state index contributed by atoms with van der Waals surface area (Å²) in [5.41, 5.74) is 4.67. The van der Waals surface area contributed by atoms with E-state index in [1.807, 2.05) is 0 Å². The van der Waals surface area contributed by atoms with Gasteiger partial charge in [-0.2, -0.15) is 0 Å². The van der Waals surface area contributed by atoms with E-state index in [1.54, 1.807) is 31.4 Å². The van der Waals surface area contributed by atoms with Crippen LogP contribution in [0.1, 0.15) is 12.8 Å². The largest absolute Gasteiger partial charge is 0.497 e. The molecule has 0 heterocycles. The molecule has 1 fully saturated rings. The number of ether oxygens (including phenoxy) is 2. The van der Waals surface area contributed by atoms with Gasteiger partial charge >= 0.3 is 0 Å². The number of benzene rings is 1. The Morgan fingerprint density at radius 3 is 2.37 bits per heavy atom. The van der Waals surface area contributed by atoms with Gasteiger partial charge in [-0.3, -0.25) is 20.4 Å². The molecule has 102 valence electrons. The van der Waals surface area contributed by atoms with Gasteiger partial charge in [0.05, 0.1) is 7.11 Å². The van der Waals surface area contributed by atoms with Crippen LogP contribution in [0.5, 0.6) is 11.5 Å². The van der Waals surface area contributed by atoms with Crippen molar-refractivity contribution >= 4 is 11.8 Å². The van der Waals surface area contributed by atoms with Gasteiger partial charge in [0.2, 0.25) is 5.91 Å². The lowest BCUT2D eigenvalue weighted by atomic mass is 10.3. The highest BCUT2D eigenvalue weighted by molar-refractivity contribution is 5.85. The third kappa shape index (κ3) is 4.17. The first-order valence-corrected chi connectivity index (χ1v) is 6.04. The smallest absolute Gasteiger partial charge is 0.276 e. The second kappa shape index (κ2) is 6.08. The van der Waals surface area contributed by atoms with Crippen LogP contribution in [0.2, 0.25) is 0 Å². The number of rotatable bonds is 5. The number of hydrogen-bond donors (Lipinski definition) is 2. The number of hydrogen-bond acceptors (Lipinski definition) is 4. The van der Waals surface area contributed by atoms with Gasteiger partial charge in [-0.05, 0) is 37.1 Å². The molecule has 2 amide bonds. The average Bonchev–Trinajstić information content (AvgIpc) is 3.27. The van der Waals surface area contributed by atoms with Crippen LogP contribution in [0.25, 0.3) is 0 Å². The van der Waals surface area contributed by atoms with Gasteiger partial charge in [0, 0.05) is 5.92 Å². The molecule has 6 nitrogen and oxygen atoms in total. The molecule has 1 saturated carbocycles. The Labute approximate surface area is 111 Å². The molecule has 0 spiro atoms. The first kappa shape index (κ1) is 13.2. The van der Waals surface area contributed by atoms with Gasteiger partial charge in [-0.1, -0.05) is 0 Å². The van der Waals surface area contributed by atoms with E-state index in [4.69, 9.17) is 9.47 Å². The first-order valence-electron chi connectivity index (χ1n) is 6.04. The molecule has 0 radical (unpaired) electrons. The molecule has 1 aromatic carbocycles. The lowest BCUT2D eigenvalue weighted by molar-refractivity contribution is -0.130. The highest BCUT2D eigenvalue weighted by Gasteiger charge is 2.29. The van der Waals surface area contributed by atoms with Crippen LogP contribution in [0, 0.1) is 5.92 Å². The standard InChI is InChI=1S/C13H16N2O4/c1-18-10-4-6-11(7-5-10)19-8-12(16)14-15-13(17)9-2-3-9/h4-7,9H,2-3,8H2,1H3,(H,14,16)(H,15,17). The maximum Gasteiger partial charge on any atom is 0.276 e. The van der Waals surface area contributed by atoms with E-state index in [2.05, 4.69) is 10.9 Å². The van der Waals surface area contributed by atoms with Gasteiger partial charge in [-0.15, -0.1) is 0 Å². The number of methoxy groups -OCH3 is 1. The molecule has 6 heteroatoms. The fourth-order valence-corrected chi connectivity index (χ4v) is 1.44. The normalized spacial score (nSPS) is 13.5. The Morgan fingerprint density at radius 1 is 1.16 bits per heavy atom. The van der Waals surface area contributed by atoms with Crippen molar-refractivity contribution in [2.24, 2.45) is 5.92 Å². The predicted molar refractivity (Wildman–Crippen MR) is 67.5 cm³/mol. The fourth-order valence-electron chi connectivity index (χ4n) is 1.44. The molecule has 1 aliphatic rings. The summed E-state index contributed by atoms with van der Waals surface area (Å²) in [6.45, 7) is -0.155. The Morgan fingerprint density at radius 2 is 1.79 bits per heavy atom. The predicted octanol–water partition coefficient (Wildman–Crippen LogP) is 0.631. The molecule has 0 saturated heterocycles. The topological polar surface area (TPSA) is 76.7 Å². The van der Waals surface area contributed by atoms with Gasteiger partial charge in [0.25, 0.3) is 5.91 Å². The summed E-state index contributed by atoms with van der Waals surface area (Å²) in [6.07, 6.45) is 1.79. The third-order valence-corrected chi connectivity index (χ3v) is 2.70. The van der Waals surface area contributed by atoms with Crippen LogP contribution in [-0.4, -0.2) is 25.5 Å². The second-order valence-electron chi connectivity index (χ2n) is 4.28. The van der Waals surface area contributed by atoms with Crippen molar-refractivity contribution in [2.75, 3.05) is 13.7 Å². The van der Waals surface area contributed by atoms with Crippen molar-refractivity contribution in [1.29, 1.82) is 0 Å². The monoisotopic (exact) mass is 264 g/mol. The molecule has 0 aromatic heterocycles. The van der Waals surface area contributed by atoms with Crippen molar-refractivity contribution in [3.05, 3.63) is 24.3 Å². The minimum Gasteiger partial charge on any atom is -0.497 e. The van der Waals surface area contributed by atoms with Crippen molar-refractivity contribution in [3.63, 3.8) is 0 Å². The minimum atomic E-state index is -0.398. The molecule has 0 aliphatic heterocycles. The molecule has 19 heavy (non-hydrogen) atoms. The number of amides is 2. The van der Waals surface area contributed by atoms with E-state index in [0.29, 0.717) is 11.5 Å². The Bertz CT molecular complexity index is 454. The summed E-state index contributed by atoms with van der Waals surface area (Å²) >= 11 is 0. The average molecular weight is 264 g/mol. The Kier molecular flexibility index (Phi) is 4.22. The lowest BCUT2D eigenvalue weighted by Crippen LogP contribution is -2.44. The zero-order chi connectivity index (χ0) is 13.7. The zero-order valence-corrected chi connectivity index (χ0v) is 10.6. The second-order valence-corrected chi connectivity index (χ2v) is 4.28. The van der Waals surface area contributed by atoms with Gasteiger partial charge in [0.1, 0.15) is 11.5 Å². The fraction of sp³-hybridized carbons (Fsp3) is 0.385. The van der Waals surface area contributed by atoms with Crippen molar-refractivity contribution in [3.8, 4) is 11.5 Å². The SMILES string of the molecule is COc1ccc(OCC(=O)NNC(=O)C2CC2)cc1. The van der Waals surface area contributed by atoms with Gasteiger partial charge in [0.15, 0.2) is 6.61 Å². The third-order valence-electron chi connectivity index (χ3n) is 2.70. The maximum atomic E-state index is 11.4. The summed E-state index contributed by atoms with van der Waals surface area (Å²) in [7, 11) is 1.58. The molecule has 0 unspecified atom stereocenters. The summed E-state index contributed by atoms with van der Waals surface area (Å²) in [4.78, 5) is 22.7. The summed E-state index contributed by atoms with van der Waals surface area (Å²) in [6, 6.07) is 6.88. The lowest BCUT2D eigenvalue weighted by Gasteiger charge is -2.08. The molecule has 2 rings (SSSR count). The van der Waals surface area contributed by atoms with Crippen molar-refractivity contribution in [1.82, 2.24) is 10.9 Å². The number of carbonyl (C=O) groups excluding carboxylic acids is 2.